The Hall–Kier alpha value is -0.124. The molecular weight excluding hydrogens is 197 g/mol. The van der Waals surface area contributed by atoms with Crippen molar-refractivity contribution in [1.29, 1.82) is 0 Å². The minimum Gasteiger partial charge on any atom is -1.00 e. The molecule has 2 rings (SSSR count). The molecule has 2 N–H and O–H groups in total. The number of nitrogen functional groups attached to an aromatic ring is 1. The molecule has 0 bridgehead atoms. The molecule has 14 heavy (non-hydrogen) atoms. The Morgan fingerprint density at radius 1 is 1.00 bits per heavy atom. The van der Waals surface area contributed by atoms with Crippen LogP contribution in [0.4, 0.5) is 5.69 Å². The van der Waals surface area contributed by atoms with Crippen LogP contribution in [0.5, 0.6) is 0 Å². The summed E-state index contributed by atoms with van der Waals surface area (Å²) in [6, 6.07) is 15.6. The molecule has 0 aliphatic rings. The summed E-state index contributed by atoms with van der Waals surface area (Å²) in [5.41, 5.74) is 8.29. The molecule has 0 aromatic heterocycles. The molecule has 2 heteroatoms. The number of anilines is 1. The molecule has 0 saturated heterocycles. The third-order valence-corrected chi connectivity index (χ3v) is 1.91. The first-order valence-electron chi connectivity index (χ1n) is 4.69. The zero-order chi connectivity index (χ0) is 9.97. The molecule has 0 aliphatic carbocycles. The SMILES string of the molecule is [3H]c1ccc(N)cc1-c1ccccc1.[H-].[K+]. The summed E-state index contributed by atoms with van der Waals surface area (Å²) in [6.45, 7) is 0. The molecule has 0 heterocycles. The van der Waals surface area contributed by atoms with Gasteiger partial charge in [0.1, 0.15) is 0 Å². The van der Waals surface area contributed by atoms with E-state index in [0.717, 1.165) is 11.1 Å². The number of rotatable bonds is 1. The van der Waals surface area contributed by atoms with Crippen LogP contribution in [-0.4, -0.2) is 0 Å². The van der Waals surface area contributed by atoms with E-state index in [1.807, 2.05) is 36.4 Å². The molecule has 0 fully saturated rings. The van der Waals surface area contributed by atoms with Crippen LogP contribution in [-0.2, 0) is 0 Å². The number of benzene rings is 2. The van der Waals surface area contributed by atoms with E-state index in [0.29, 0.717) is 11.7 Å². The Balaban J connectivity index is 0.00000112. The van der Waals surface area contributed by atoms with Gasteiger partial charge in [0.25, 0.3) is 0 Å². The molecular formula is C12H12KN. The van der Waals surface area contributed by atoms with Crippen molar-refractivity contribution in [3.8, 4) is 11.1 Å². The van der Waals surface area contributed by atoms with E-state index < -0.39 is 0 Å². The zero-order valence-corrected chi connectivity index (χ0v) is 11.3. The van der Waals surface area contributed by atoms with Crippen LogP contribution in [0.15, 0.2) is 54.6 Å². The average molecular weight is 211 g/mol. The Labute approximate surface area is 130 Å². The normalized spacial score (nSPS) is 10.1. The third-order valence-electron chi connectivity index (χ3n) is 1.91. The van der Waals surface area contributed by atoms with Crippen molar-refractivity contribution in [2.24, 2.45) is 0 Å². The smallest absolute Gasteiger partial charge is 1.00 e. The van der Waals surface area contributed by atoms with Gasteiger partial charge in [-0.05, 0) is 23.3 Å². The van der Waals surface area contributed by atoms with Gasteiger partial charge in [-0.1, -0.05) is 42.4 Å². The Kier molecular flexibility index (Phi) is 4.22. The first-order valence-corrected chi connectivity index (χ1v) is 4.19. The first kappa shape index (κ1) is 10.4. The second-order valence-electron chi connectivity index (χ2n) is 2.90. The molecule has 0 radical (unpaired) electrons. The molecule has 0 amide bonds. The van der Waals surface area contributed by atoms with Gasteiger partial charge >= 0.3 is 51.4 Å². The van der Waals surface area contributed by atoms with E-state index in [9.17, 15) is 0 Å². The number of hydrogen-bond donors (Lipinski definition) is 1. The van der Waals surface area contributed by atoms with Gasteiger partial charge < -0.3 is 7.16 Å². The van der Waals surface area contributed by atoms with Gasteiger partial charge in [-0.25, -0.2) is 0 Å². The maximum atomic E-state index is 7.75. The second kappa shape index (κ2) is 5.68. The fourth-order valence-electron chi connectivity index (χ4n) is 1.27. The minimum atomic E-state index is 0. The van der Waals surface area contributed by atoms with Gasteiger partial charge in [-0.2, -0.15) is 0 Å². The van der Waals surface area contributed by atoms with Crippen LogP contribution >= 0.6 is 0 Å². The maximum absolute atomic E-state index is 7.75. The maximum Gasteiger partial charge on any atom is 1.00 e. The fraction of sp³-hybridized carbons (Fsp3) is 0. The Morgan fingerprint density at radius 2 is 1.71 bits per heavy atom. The van der Waals surface area contributed by atoms with Crippen molar-refractivity contribution in [3.05, 3.63) is 54.6 Å². The van der Waals surface area contributed by atoms with E-state index in [4.69, 9.17) is 7.10 Å². The minimum absolute atomic E-state index is 0. The summed E-state index contributed by atoms with van der Waals surface area (Å²) in [7, 11) is 0. The fourth-order valence-corrected chi connectivity index (χ4v) is 1.27. The van der Waals surface area contributed by atoms with Crippen molar-refractivity contribution in [3.63, 3.8) is 0 Å². The standard InChI is InChI=1S/C12H11N.K.H/c13-12-8-4-7-11(9-12)10-5-2-1-3-6-10;;/h1-9H,13H2;;/q;+1;-1/i7T;;. The summed E-state index contributed by atoms with van der Waals surface area (Å²) >= 11 is 0. The predicted molar refractivity (Wildman–Crippen MR) is 57.4 cm³/mol. The Bertz CT molecular complexity index is 446. The topological polar surface area (TPSA) is 26.0 Å². The molecule has 0 aliphatic heterocycles. The van der Waals surface area contributed by atoms with Gasteiger partial charge in [-0.15, -0.1) is 0 Å². The molecule has 0 atom stereocenters. The van der Waals surface area contributed by atoms with Crippen molar-refractivity contribution in [2.75, 3.05) is 5.73 Å². The van der Waals surface area contributed by atoms with Crippen LogP contribution in [0, 0.1) is 0 Å². The monoisotopic (exact) mass is 211 g/mol. The van der Waals surface area contributed by atoms with Gasteiger partial charge in [0.2, 0.25) is 0 Å². The van der Waals surface area contributed by atoms with E-state index in [-0.39, 0.29) is 52.8 Å². The first-order chi connectivity index (χ1) is 6.77. The van der Waals surface area contributed by atoms with E-state index in [1.54, 1.807) is 12.1 Å². The quantitative estimate of drug-likeness (QED) is 0.523. The summed E-state index contributed by atoms with van der Waals surface area (Å²) in [6.07, 6.45) is 0. The van der Waals surface area contributed by atoms with Crippen molar-refractivity contribution in [2.45, 2.75) is 0 Å². The second-order valence-corrected chi connectivity index (χ2v) is 2.90. The van der Waals surface area contributed by atoms with Crippen molar-refractivity contribution >= 4 is 5.69 Å². The van der Waals surface area contributed by atoms with E-state index >= 15 is 0 Å². The van der Waals surface area contributed by atoms with Gasteiger partial charge in [0.15, 0.2) is 0 Å². The molecule has 2 aromatic carbocycles. The molecule has 1 nitrogen and oxygen atoms in total. The van der Waals surface area contributed by atoms with Crippen LogP contribution in [0.1, 0.15) is 2.80 Å². The zero-order valence-electron chi connectivity index (χ0n) is 10.2. The van der Waals surface area contributed by atoms with Gasteiger partial charge in [0.05, 0.1) is 1.37 Å². The van der Waals surface area contributed by atoms with Gasteiger partial charge in [0, 0.05) is 5.69 Å². The van der Waals surface area contributed by atoms with Crippen molar-refractivity contribution in [1.82, 2.24) is 0 Å². The summed E-state index contributed by atoms with van der Waals surface area (Å²) in [5, 5.41) is 0. The van der Waals surface area contributed by atoms with Gasteiger partial charge in [-0.3, -0.25) is 0 Å². The van der Waals surface area contributed by atoms with E-state index in [2.05, 4.69) is 0 Å². The van der Waals surface area contributed by atoms with Crippen LogP contribution < -0.4 is 57.1 Å². The summed E-state index contributed by atoms with van der Waals surface area (Å²) < 4.78 is 7.75. The van der Waals surface area contributed by atoms with Crippen molar-refractivity contribution < 1.29 is 54.2 Å². The number of hydrogen-bond acceptors (Lipinski definition) is 1. The average Bonchev–Trinajstić information content (AvgIpc) is 2.23. The summed E-state index contributed by atoms with van der Waals surface area (Å²) in [4.78, 5) is 0. The predicted octanol–water partition coefficient (Wildman–Crippen LogP) is 0.0523. The van der Waals surface area contributed by atoms with Crippen LogP contribution in [0.2, 0.25) is 0 Å². The molecule has 66 valence electrons. The van der Waals surface area contributed by atoms with Crippen LogP contribution in [0.25, 0.3) is 11.1 Å². The summed E-state index contributed by atoms with van der Waals surface area (Å²) in [5.74, 6) is 0. The molecule has 0 unspecified atom stereocenters. The largest absolute Gasteiger partial charge is 1.00 e. The van der Waals surface area contributed by atoms with Crippen LogP contribution in [0.3, 0.4) is 0 Å². The Morgan fingerprint density at radius 3 is 2.43 bits per heavy atom. The molecule has 0 saturated carbocycles. The number of nitrogens with two attached hydrogens (primary N) is 1. The molecule has 0 spiro atoms. The third kappa shape index (κ3) is 2.94. The molecule has 2 aromatic rings. The van der Waals surface area contributed by atoms with E-state index in [1.165, 1.54) is 0 Å².